The van der Waals surface area contributed by atoms with Crippen LogP contribution in [0.3, 0.4) is 0 Å². The van der Waals surface area contributed by atoms with Gasteiger partial charge >= 0.3 is 6.03 Å². The molecule has 0 radical (unpaired) electrons. The molecule has 1 aromatic carbocycles. The maximum Gasteiger partial charge on any atom is 0.325 e. The molecule has 130 valence electrons. The molecule has 2 aliphatic rings. The van der Waals surface area contributed by atoms with Gasteiger partial charge in [-0.05, 0) is 44.3 Å². The Balaban J connectivity index is 1.37. The number of imide groups is 1. The van der Waals surface area contributed by atoms with Gasteiger partial charge in [0.15, 0.2) is 0 Å². The zero-order valence-electron chi connectivity index (χ0n) is 13.9. The lowest BCUT2D eigenvalue weighted by molar-refractivity contribution is -0.132. The maximum absolute atomic E-state index is 12.6. The maximum atomic E-state index is 12.6. The molecule has 3 rings (SSSR count). The van der Waals surface area contributed by atoms with Gasteiger partial charge in [-0.15, -0.1) is 0 Å². The number of nitrogens with zero attached hydrogens (tertiary/aromatic N) is 1. The Kier molecular flexibility index (Phi) is 5.48. The minimum atomic E-state index is -0.661. The number of ether oxygens (including phenoxy) is 1. The standard InChI is InChI=1S/C18H25N3O3/c22-16-18(8-10-19-11-9-18)20-17(23)21(16)12-4-5-13-24-14-15-6-2-1-3-7-15/h1-3,6-7,19H,4-5,8-14H2,(H,20,23). The summed E-state index contributed by atoms with van der Waals surface area (Å²) in [4.78, 5) is 26.1. The summed E-state index contributed by atoms with van der Waals surface area (Å²) in [5.74, 6) is -0.0563. The minimum Gasteiger partial charge on any atom is -0.377 e. The smallest absolute Gasteiger partial charge is 0.325 e. The van der Waals surface area contributed by atoms with Crippen molar-refractivity contribution in [3.05, 3.63) is 35.9 Å². The summed E-state index contributed by atoms with van der Waals surface area (Å²) < 4.78 is 5.64. The summed E-state index contributed by atoms with van der Waals surface area (Å²) in [6.07, 6.45) is 2.95. The van der Waals surface area contributed by atoms with E-state index in [1.165, 1.54) is 4.90 Å². The lowest BCUT2D eigenvalue weighted by atomic mass is 9.88. The quantitative estimate of drug-likeness (QED) is 0.589. The van der Waals surface area contributed by atoms with Gasteiger partial charge < -0.3 is 15.4 Å². The summed E-state index contributed by atoms with van der Waals surface area (Å²) in [6.45, 7) is 3.24. The predicted molar refractivity (Wildman–Crippen MR) is 90.4 cm³/mol. The highest BCUT2D eigenvalue weighted by atomic mass is 16.5. The molecule has 3 amide bonds. The van der Waals surface area contributed by atoms with Crippen LogP contribution >= 0.6 is 0 Å². The Morgan fingerprint density at radius 3 is 2.58 bits per heavy atom. The molecule has 6 nitrogen and oxygen atoms in total. The van der Waals surface area contributed by atoms with E-state index in [4.69, 9.17) is 4.74 Å². The van der Waals surface area contributed by atoms with Crippen molar-refractivity contribution in [1.82, 2.24) is 15.5 Å². The van der Waals surface area contributed by atoms with Gasteiger partial charge in [0.05, 0.1) is 6.61 Å². The zero-order valence-corrected chi connectivity index (χ0v) is 13.9. The van der Waals surface area contributed by atoms with E-state index >= 15 is 0 Å². The minimum absolute atomic E-state index is 0.0563. The van der Waals surface area contributed by atoms with Crippen molar-refractivity contribution in [1.29, 1.82) is 0 Å². The molecular weight excluding hydrogens is 306 g/mol. The number of nitrogens with one attached hydrogen (secondary N) is 2. The molecule has 2 heterocycles. The van der Waals surface area contributed by atoms with Crippen LogP contribution in [0.15, 0.2) is 30.3 Å². The van der Waals surface area contributed by atoms with E-state index in [2.05, 4.69) is 10.6 Å². The summed E-state index contributed by atoms with van der Waals surface area (Å²) >= 11 is 0. The van der Waals surface area contributed by atoms with E-state index in [0.29, 0.717) is 32.6 Å². The second kappa shape index (κ2) is 7.77. The number of hydrogen-bond acceptors (Lipinski definition) is 4. The zero-order chi connectivity index (χ0) is 16.8. The third kappa shape index (κ3) is 3.76. The number of hydrogen-bond donors (Lipinski definition) is 2. The second-order valence-electron chi connectivity index (χ2n) is 6.46. The number of carbonyl (C=O) groups is 2. The highest BCUT2D eigenvalue weighted by Gasteiger charge is 2.50. The molecular formula is C18H25N3O3. The first-order valence-electron chi connectivity index (χ1n) is 8.68. The van der Waals surface area contributed by atoms with E-state index in [9.17, 15) is 9.59 Å². The van der Waals surface area contributed by atoms with Crippen molar-refractivity contribution in [3.8, 4) is 0 Å². The van der Waals surface area contributed by atoms with Gasteiger partial charge in [-0.3, -0.25) is 9.69 Å². The number of rotatable bonds is 7. The average Bonchev–Trinajstić information content (AvgIpc) is 2.83. The molecule has 0 atom stereocenters. The van der Waals surface area contributed by atoms with Crippen LogP contribution in [0, 0.1) is 0 Å². The summed E-state index contributed by atoms with van der Waals surface area (Å²) in [5.41, 5.74) is 0.492. The molecule has 0 aromatic heterocycles. The fourth-order valence-electron chi connectivity index (χ4n) is 3.31. The summed E-state index contributed by atoms with van der Waals surface area (Å²) in [6, 6.07) is 9.79. The van der Waals surface area contributed by atoms with Crippen LogP contribution in [0.2, 0.25) is 0 Å². The first-order valence-corrected chi connectivity index (χ1v) is 8.68. The van der Waals surface area contributed by atoms with Crippen LogP contribution in [0.5, 0.6) is 0 Å². The second-order valence-corrected chi connectivity index (χ2v) is 6.46. The van der Waals surface area contributed by atoms with Gasteiger partial charge in [0, 0.05) is 13.2 Å². The van der Waals surface area contributed by atoms with Gasteiger partial charge in [-0.1, -0.05) is 30.3 Å². The van der Waals surface area contributed by atoms with E-state index < -0.39 is 5.54 Å². The molecule has 0 aliphatic carbocycles. The summed E-state index contributed by atoms with van der Waals surface area (Å²) in [5, 5.41) is 6.14. The van der Waals surface area contributed by atoms with Crippen LogP contribution in [-0.4, -0.2) is 48.6 Å². The number of piperidine rings is 1. The lowest BCUT2D eigenvalue weighted by Crippen LogP contribution is -2.53. The number of carbonyl (C=O) groups excluding carboxylic acids is 2. The Bertz CT molecular complexity index is 570. The highest BCUT2D eigenvalue weighted by Crippen LogP contribution is 2.27. The molecule has 1 aromatic rings. The third-order valence-electron chi connectivity index (χ3n) is 4.73. The SMILES string of the molecule is O=C1NC2(CCNCC2)C(=O)N1CCCCOCc1ccccc1. The topological polar surface area (TPSA) is 70.7 Å². The van der Waals surface area contributed by atoms with Crippen molar-refractivity contribution >= 4 is 11.9 Å². The Morgan fingerprint density at radius 1 is 1.08 bits per heavy atom. The van der Waals surface area contributed by atoms with Crippen molar-refractivity contribution in [3.63, 3.8) is 0 Å². The Hall–Kier alpha value is -1.92. The number of unbranched alkanes of at least 4 members (excludes halogenated alkanes) is 1. The lowest BCUT2D eigenvalue weighted by Gasteiger charge is -2.31. The molecule has 6 heteroatoms. The van der Waals surface area contributed by atoms with E-state index in [-0.39, 0.29) is 11.9 Å². The van der Waals surface area contributed by atoms with Crippen LogP contribution < -0.4 is 10.6 Å². The predicted octanol–water partition coefficient (Wildman–Crippen LogP) is 1.66. The number of benzene rings is 1. The van der Waals surface area contributed by atoms with Gasteiger partial charge in [0.2, 0.25) is 0 Å². The van der Waals surface area contributed by atoms with Gasteiger partial charge in [-0.2, -0.15) is 0 Å². The highest BCUT2D eigenvalue weighted by molar-refractivity contribution is 6.07. The fraction of sp³-hybridized carbons (Fsp3) is 0.556. The number of amides is 3. The third-order valence-corrected chi connectivity index (χ3v) is 4.73. The molecule has 2 saturated heterocycles. The van der Waals surface area contributed by atoms with Crippen LogP contribution in [-0.2, 0) is 16.1 Å². The van der Waals surface area contributed by atoms with Gasteiger partial charge in [0.1, 0.15) is 5.54 Å². The van der Waals surface area contributed by atoms with Gasteiger partial charge in [-0.25, -0.2) is 4.79 Å². The molecule has 1 spiro atoms. The van der Waals surface area contributed by atoms with Gasteiger partial charge in [0.25, 0.3) is 5.91 Å². The van der Waals surface area contributed by atoms with Crippen molar-refractivity contribution in [2.45, 2.75) is 37.8 Å². The van der Waals surface area contributed by atoms with E-state index in [1.807, 2.05) is 30.3 Å². The van der Waals surface area contributed by atoms with Crippen molar-refractivity contribution in [2.75, 3.05) is 26.2 Å². The first-order chi connectivity index (χ1) is 11.7. The summed E-state index contributed by atoms with van der Waals surface area (Å²) in [7, 11) is 0. The van der Waals surface area contributed by atoms with Crippen LogP contribution in [0.4, 0.5) is 4.79 Å². The molecule has 24 heavy (non-hydrogen) atoms. The average molecular weight is 331 g/mol. The molecule has 0 unspecified atom stereocenters. The van der Waals surface area contributed by atoms with Crippen LogP contribution in [0.25, 0.3) is 0 Å². The fourth-order valence-corrected chi connectivity index (χ4v) is 3.31. The Morgan fingerprint density at radius 2 is 1.83 bits per heavy atom. The molecule has 0 bridgehead atoms. The van der Waals surface area contributed by atoms with E-state index in [0.717, 1.165) is 31.5 Å². The molecule has 0 saturated carbocycles. The number of urea groups is 1. The van der Waals surface area contributed by atoms with Crippen molar-refractivity contribution in [2.24, 2.45) is 0 Å². The largest absolute Gasteiger partial charge is 0.377 e. The Labute approximate surface area is 142 Å². The molecule has 2 fully saturated rings. The molecule has 2 N–H and O–H groups in total. The molecule has 2 aliphatic heterocycles. The van der Waals surface area contributed by atoms with Crippen LogP contribution in [0.1, 0.15) is 31.2 Å². The van der Waals surface area contributed by atoms with Crippen molar-refractivity contribution < 1.29 is 14.3 Å². The normalized spacial score (nSPS) is 19.8. The van der Waals surface area contributed by atoms with E-state index in [1.54, 1.807) is 0 Å². The monoisotopic (exact) mass is 331 g/mol. The first kappa shape index (κ1) is 16.9.